The van der Waals surface area contributed by atoms with Crippen LogP contribution in [-0.2, 0) is 4.74 Å². The largest absolute Gasteiger partial charge is 0.382 e. The minimum Gasteiger partial charge on any atom is -0.382 e. The first kappa shape index (κ1) is 17.3. The number of ether oxygens (including phenoxy) is 1. The number of nitrogens with zero attached hydrogens (tertiary/aromatic N) is 1. The molecule has 0 spiro atoms. The molecule has 4 heteroatoms. The van der Waals surface area contributed by atoms with Crippen LogP contribution in [0.15, 0.2) is 4.99 Å². The van der Waals surface area contributed by atoms with E-state index < -0.39 is 0 Å². The van der Waals surface area contributed by atoms with E-state index in [2.05, 4.69) is 22.5 Å². The minimum absolute atomic E-state index is 0.795. The molecule has 0 aromatic carbocycles. The molecule has 0 amide bonds. The fourth-order valence-corrected chi connectivity index (χ4v) is 2.74. The molecule has 0 bridgehead atoms. The topological polar surface area (TPSA) is 45.7 Å². The number of rotatable bonds is 10. The van der Waals surface area contributed by atoms with Gasteiger partial charge in [0, 0.05) is 32.8 Å². The summed E-state index contributed by atoms with van der Waals surface area (Å²) in [4.78, 5) is 4.57. The van der Waals surface area contributed by atoms with E-state index in [0.717, 1.165) is 51.1 Å². The van der Waals surface area contributed by atoms with Crippen molar-refractivity contribution in [2.75, 3.05) is 32.8 Å². The van der Waals surface area contributed by atoms with Gasteiger partial charge in [-0.2, -0.15) is 0 Å². The van der Waals surface area contributed by atoms with Gasteiger partial charge >= 0.3 is 0 Å². The van der Waals surface area contributed by atoms with Gasteiger partial charge in [-0.1, -0.05) is 25.7 Å². The van der Waals surface area contributed by atoms with Crippen LogP contribution in [0.1, 0.15) is 58.8 Å². The van der Waals surface area contributed by atoms with E-state index in [9.17, 15) is 0 Å². The van der Waals surface area contributed by atoms with E-state index in [0.29, 0.717) is 0 Å². The van der Waals surface area contributed by atoms with Gasteiger partial charge in [-0.15, -0.1) is 0 Å². The van der Waals surface area contributed by atoms with Crippen molar-refractivity contribution in [1.29, 1.82) is 0 Å². The molecule has 2 N–H and O–H groups in total. The first-order valence-electron chi connectivity index (χ1n) is 8.46. The van der Waals surface area contributed by atoms with Crippen LogP contribution < -0.4 is 10.6 Å². The van der Waals surface area contributed by atoms with Gasteiger partial charge in [0.25, 0.3) is 0 Å². The van der Waals surface area contributed by atoms with Gasteiger partial charge in [0.15, 0.2) is 5.96 Å². The van der Waals surface area contributed by atoms with E-state index in [4.69, 9.17) is 4.74 Å². The van der Waals surface area contributed by atoms with Crippen molar-refractivity contribution >= 4 is 5.96 Å². The van der Waals surface area contributed by atoms with Crippen molar-refractivity contribution in [1.82, 2.24) is 10.6 Å². The van der Waals surface area contributed by atoms with E-state index in [-0.39, 0.29) is 0 Å². The van der Waals surface area contributed by atoms with Crippen LogP contribution >= 0.6 is 0 Å². The maximum absolute atomic E-state index is 5.32. The highest BCUT2D eigenvalue weighted by Crippen LogP contribution is 2.28. The van der Waals surface area contributed by atoms with Crippen molar-refractivity contribution in [3.05, 3.63) is 0 Å². The lowest BCUT2D eigenvalue weighted by atomic mass is 10.0. The molecule has 118 valence electrons. The third kappa shape index (κ3) is 8.41. The Morgan fingerprint density at radius 2 is 1.95 bits per heavy atom. The van der Waals surface area contributed by atoms with Crippen molar-refractivity contribution in [3.8, 4) is 0 Å². The van der Waals surface area contributed by atoms with E-state index >= 15 is 0 Å². The maximum atomic E-state index is 5.32. The van der Waals surface area contributed by atoms with Gasteiger partial charge in [0.1, 0.15) is 0 Å². The summed E-state index contributed by atoms with van der Waals surface area (Å²) < 4.78 is 5.32. The predicted molar refractivity (Wildman–Crippen MR) is 86.3 cm³/mol. The molecule has 1 aliphatic rings. The smallest absolute Gasteiger partial charge is 0.191 e. The van der Waals surface area contributed by atoms with Gasteiger partial charge < -0.3 is 15.4 Å². The highest BCUT2D eigenvalue weighted by molar-refractivity contribution is 5.79. The normalized spacial score (nSPS) is 16.6. The zero-order valence-corrected chi connectivity index (χ0v) is 13.4. The lowest BCUT2D eigenvalue weighted by molar-refractivity contribution is 0.146. The van der Waals surface area contributed by atoms with E-state index in [1.807, 2.05) is 6.92 Å². The third-order valence-electron chi connectivity index (χ3n) is 3.82. The molecule has 4 nitrogen and oxygen atoms in total. The second-order valence-electron chi connectivity index (χ2n) is 5.53. The SMILES string of the molecule is CCNC(=NCCCOCC)NCCCC1CCCC1. The van der Waals surface area contributed by atoms with Crippen LogP contribution in [0, 0.1) is 5.92 Å². The van der Waals surface area contributed by atoms with E-state index in [1.54, 1.807) is 0 Å². The summed E-state index contributed by atoms with van der Waals surface area (Å²) in [5, 5.41) is 6.73. The number of aliphatic imine (C=N–C) groups is 1. The van der Waals surface area contributed by atoms with Crippen LogP contribution in [-0.4, -0.2) is 38.8 Å². The quantitative estimate of drug-likeness (QED) is 0.368. The van der Waals surface area contributed by atoms with Crippen LogP contribution in [0.2, 0.25) is 0 Å². The number of nitrogens with one attached hydrogen (secondary N) is 2. The lowest BCUT2D eigenvalue weighted by Gasteiger charge is -2.13. The molecule has 0 radical (unpaired) electrons. The summed E-state index contributed by atoms with van der Waals surface area (Å²) in [5.41, 5.74) is 0. The van der Waals surface area contributed by atoms with Gasteiger partial charge in [0.2, 0.25) is 0 Å². The van der Waals surface area contributed by atoms with Crippen LogP contribution in [0.4, 0.5) is 0 Å². The Kier molecular flexibility index (Phi) is 10.4. The maximum Gasteiger partial charge on any atom is 0.191 e. The van der Waals surface area contributed by atoms with Gasteiger partial charge in [0.05, 0.1) is 0 Å². The van der Waals surface area contributed by atoms with Gasteiger partial charge in [-0.05, 0) is 39.0 Å². The molecule has 1 fully saturated rings. The van der Waals surface area contributed by atoms with Crippen molar-refractivity contribution in [3.63, 3.8) is 0 Å². The van der Waals surface area contributed by atoms with Crippen LogP contribution in [0.5, 0.6) is 0 Å². The van der Waals surface area contributed by atoms with Crippen LogP contribution in [0.25, 0.3) is 0 Å². The average Bonchev–Trinajstić information content (AvgIpc) is 2.96. The summed E-state index contributed by atoms with van der Waals surface area (Å²) in [6.45, 7) is 8.52. The summed E-state index contributed by atoms with van der Waals surface area (Å²) in [6.07, 6.45) is 9.42. The Hall–Kier alpha value is -0.770. The molecule has 0 aromatic rings. The summed E-state index contributed by atoms with van der Waals surface area (Å²) in [6, 6.07) is 0. The standard InChI is InChI=1S/C16H33N3O/c1-3-17-16(19-13-8-14-20-4-2)18-12-7-11-15-9-5-6-10-15/h15H,3-14H2,1-2H3,(H2,17,18,19). The highest BCUT2D eigenvalue weighted by Gasteiger charge is 2.13. The molecule has 0 aromatic heterocycles. The Bertz CT molecular complexity index is 250. The molecular weight excluding hydrogens is 250 g/mol. The number of hydrogen-bond acceptors (Lipinski definition) is 2. The van der Waals surface area contributed by atoms with Crippen molar-refractivity contribution in [2.45, 2.75) is 58.8 Å². The molecule has 1 aliphatic carbocycles. The molecule has 0 heterocycles. The van der Waals surface area contributed by atoms with Gasteiger partial charge in [-0.25, -0.2) is 0 Å². The fraction of sp³-hybridized carbons (Fsp3) is 0.938. The molecule has 0 saturated heterocycles. The Labute approximate surface area is 124 Å². The average molecular weight is 283 g/mol. The lowest BCUT2D eigenvalue weighted by Crippen LogP contribution is -2.38. The summed E-state index contributed by atoms with van der Waals surface area (Å²) >= 11 is 0. The van der Waals surface area contributed by atoms with Crippen molar-refractivity contribution < 1.29 is 4.74 Å². The monoisotopic (exact) mass is 283 g/mol. The zero-order valence-electron chi connectivity index (χ0n) is 13.4. The Morgan fingerprint density at radius 3 is 2.65 bits per heavy atom. The predicted octanol–water partition coefficient (Wildman–Crippen LogP) is 2.94. The molecule has 0 atom stereocenters. The second kappa shape index (κ2) is 12.0. The molecule has 1 saturated carbocycles. The first-order chi connectivity index (χ1) is 9.86. The number of guanidine groups is 1. The number of hydrogen-bond donors (Lipinski definition) is 2. The second-order valence-corrected chi connectivity index (χ2v) is 5.53. The zero-order chi connectivity index (χ0) is 14.5. The van der Waals surface area contributed by atoms with Crippen LogP contribution in [0.3, 0.4) is 0 Å². The van der Waals surface area contributed by atoms with Gasteiger partial charge in [-0.3, -0.25) is 4.99 Å². The minimum atomic E-state index is 0.795. The van der Waals surface area contributed by atoms with Crippen molar-refractivity contribution in [2.24, 2.45) is 10.9 Å². The fourth-order valence-electron chi connectivity index (χ4n) is 2.74. The highest BCUT2D eigenvalue weighted by atomic mass is 16.5. The molecule has 1 rings (SSSR count). The molecule has 20 heavy (non-hydrogen) atoms. The van der Waals surface area contributed by atoms with E-state index in [1.165, 1.54) is 38.5 Å². The molecule has 0 aliphatic heterocycles. The summed E-state index contributed by atoms with van der Waals surface area (Å²) in [5.74, 6) is 1.94. The first-order valence-corrected chi connectivity index (χ1v) is 8.46. The summed E-state index contributed by atoms with van der Waals surface area (Å²) in [7, 11) is 0. The molecule has 0 unspecified atom stereocenters. The third-order valence-corrected chi connectivity index (χ3v) is 3.82. The molecular formula is C16H33N3O. The Balaban J connectivity index is 2.08. The Morgan fingerprint density at radius 1 is 1.15 bits per heavy atom.